The van der Waals surface area contributed by atoms with E-state index in [4.69, 9.17) is 0 Å². The number of nitrogens with one attached hydrogen (secondary N) is 2. The summed E-state index contributed by atoms with van der Waals surface area (Å²) in [5, 5.41) is 4.65. The largest absolute Gasteiger partial charge is 0.469 e. The molecule has 2 amide bonds. The number of hydrogen-bond donors (Lipinski definition) is 2. The quantitative estimate of drug-likeness (QED) is 0.494. The number of amides is 2. The zero-order chi connectivity index (χ0) is 22.0. The van der Waals surface area contributed by atoms with E-state index in [1.54, 1.807) is 0 Å². The molecule has 1 rings (SSSR count). The molecule has 0 unspecified atom stereocenters. The lowest BCUT2D eigenvalue weighted by Crippen LogP contribution is -2.37. The van der Waals surface area contributed by atoms with Gasteiger partial charge in [0, 0.05) is 17.8 Å². The van der Waals surface area contributed by atoms with E-state index in [0.717, 1.165) is 50.6 Å². The molecule has 0 saturated heterocycles. The Morgan fingerprint density at radius 3 is 1.86 bits per heavy atom. The summed E-state index contributed by atoms with van der Waals surface area (Å²) in [5.74, 6) is -2.87. The lowest BCUT2D eigenvalue weighted by atomic mass is 10.1. The zero-order valence-corrected chi connectivity index (χ0v) is 15.5. The molecule has 0 bridgehead atoms. The number of esters is 2. The maximum Gasteiger partial charge on any atom is 0.416 e. The smallest absolute Gasteiger partial charge is 0.416 e. The van der Waals surface area contributed by atoms with Crippen LogP contribution in [0, 0.1) is 0 Å². The fourth-order valence-corrected chi connectivity index (χ4v) is 2.07. The average molecular weight is 416 g/mol. The Labute approximate surface area is 164 Å². The van der Waals surface area contributed by atoms with E-state index in [9.17, 15) is 32.3 Å². The monoisotopic (exact) mass is 416 g/mol. The molecule has 0 aliphatic carbocycles. The van der Waals surface area contributed by atoms with Gasteiger partial charge in [0.05, 0.1) is 38.7 Å². The third kappa shape index (κ3) is 8.91. The van der Waals surface area contributed by atoms with Crippen molar-refractivity contribution in [2.45, 2.75) is 25.1 Å². The van der Waals surface area contributed by atoms with Gasteiger partial charge >= 0.3 is 18.1 Å². The van der Waals surface area contributed by atoms with E-state index in [-0.39, 0.29) is 18.5 Å². The Hall–Kier alpha value is -3.37. The molecule has 1 aromatic carbocycles. The van der Waals surface area contributed by atoms with E-state index in [2.05, 4.69) is 20.1 Å². The second kappa shape index (κ2) is 10.8. The molecule has 0 aliphatic heterocycles. The van der Waals surface area contributed by atoms with Crippen molar-refractivity contribution in [2.75, 3.05) is 19.5 Å². The minimum atomic E-state index is -4.49. The van der Waals surface area contributed by atoms with Crippen LogP contribution in [0.4, 0.5) is 18.9 Å². The first kappa shape index (κ1) is 23.7. The highest BCUT2D eigenvalue weighted by atomic mass is 19.4. The van der Waals surface area contributed by atoms with Gasteiger partial charge in [-0.1, -0.05) is 0 Å². The summed E-state index contributed by atoms with van der Waals surface area (Å²) >= 11 is 0. The summed E-state index contributed by atoms with van der Waals surface area (Å²) in [5.41, 5.74) is -0.769. The molecule has 0 aliphatic rings. The molecule has 0 atom stereocenters. The van der Waals surface area contributed by atoms with Crippen LogP contribution in [0.5, 0.6) is 0 Å². The van der Waals surface area contributed by atoms with Crippen LogP contribution in [0.15, 0.2) is 36.4 Å². The van der Waals surface area contributed by atoms with Gasteiger partial charge in [-0.3, -0.25) is 19.2 Å². The van der Waals surface area contributed by atoms with Crippen molar-refractivity contribution in [3.63, 3.8) is 0 Å². The first-order chi connectivity index (χ1) is 13.5. The number of benzene rings is 1. The van der Waals surface area contributed by atoms with Crippen molar-refractivity contribution in [2.24, 2.45) is 0 Å². The molecule has 0 spiro atoms. The molecule has 0 aromatic heterocycles. The minimum absolute atomic E-state index is 0.0994. The molecule has 11 heteroatoms. The summed E-state index contributed by atoms with van der Waals surface area (Å²) in [4.78, 5) is 46.4. The van der Waals surface area contributed by atoms with Crippen LogP contribution in [0.1, 0.15) is 18.4 Å². The Morgan fingerprint density at radius 2 is 1.41 bits per heavy atom. The van der Waals surface area contributed by atoms with E-state index in [0.29, 0.717) is 0 Å². The molecule has 29 heavy (non-hydrogen) atoms. The number of anilines is 1. The Kier molecular flexibility index (Phi) is 8.84. The van der Waals surface area contributed by atoms with Gasteiger partial charge in [-0.25, -0.2) is 0 Å². The van der Waals surface area contributed by atoms with Crippen molar-refractivity contribution >= 4 is 29.4 Å². The maximum absolute atomic E-state index is 12.5. The van der Waals surface area contributed by atoms with Crippen LogP contribution in [-0.4, -0.2) is 44.0 Å². The molecular weight excluding hydrogens is 397 g/mol. The van der Waals surface area contributed by atoms with E-state index >= 15 is 0 Å². The van der Waals surface area contributed by atoms with Crippen LogP contribution in [0.3, 0.4) is 0 Å². The van der Waals surface area contributed by atoms with Gasteiger partial charge in [0.15, 0.2) is 0 Å². The van der Waals surface area contributed by atoms with Gasteiger partial charge in [0.1, 0.15) is 0 Å². The fraction of sp³-hybridized carbons (Fsp3) is 0.333. The van der Waals surface area contributed by atoms with Crippen LogP contribution < -0.4 is 10.6 Å². The first-order valence-corrected chi connectivity index (χ1v) is 8.15. The third-order valence-corrected chi connectivity index (χ3v) is 3.49. The summed E-state index contributed by atoms with van der Waals surface area (Å²) in [6, 6.07) is 2.83. The van der Waals surface area contributed by atoms with E-state index in [1.807, 2.05) is 0 Å². The van der Waals surface area contributed by atoms with Gasteiger partial charge in [0.25, 0.3) is 0 Å². The topological polar surface area (TPSA) is 111 Å². The number of hydrogen-bond acceptors (Lipinski definition) is 6. The molecule has 0 fully saturated rings. The normalized spacial score (nSPS) is 11.2. The number of halogens is 3. The third-order valence-electron chi connectivity index (χ3n) is 3.49. The predicted octanol–water partition coefficient (Wildman–Crippen LogP) is 1.81. The number of carbonyl (C=O) groups excluding carboxylic acids is 4. The van der Waals surface area contributed by atoms with E-state index in [1.165, 1.54) is 0 Å². The summed E-state index contributed by atoms with van der Waals surface area (Å²) in [6.07, 6.45) is -3.38. The number of ether oxygens (including phenoxy) is 2. The fourth-order valence-electron chi connectivity index (χ4n) is 2.07. The van der Waals surface area contributed by atoms with Crippen molar-refractivity contribution < 1.29 is 41.8 Å². The lowest BCUT2D eigenvalue weighted by Gasteiger charge is -2.15. The second-order valence-corrected chi connectivity index (χ2v) is 5.66. The van der Waals surface area contributed by atoms with Crippen molar-refractivity contribution in [1.29, 1.82) is 0 Å². The summed E-state index contributed by atoms with van der Waals surface area (Å²) in [6.45, 7) is 0. The molecule has 158 valence electrons. The van der Waals surface area contributed by atoms with Crippen LogP contribution in [0.25, 0.3) is 0 Å². The number of carbonyl (C=O) groups is 4. The highest BCUT2D eigenvalue weighted by molar-refractivity contribution is 6.03. The van der Waals surface area contributed by atoms with Crippen LogP contribution >= 0.6 is 0 Å². The summed E-state index contributed by atoms with van der Waals surface area (Å²) < 4.78 is 46.4. The zero-order valence-electron chi connectivity index (χ0n) is 15.5. The SMILES string of the molecule is COC(=O)CC(CC(=O)OC)NC(=O)/C=C/C(=O)Nc1ccc(C(F)(F)F)cc1. The molecular formula is C18H19F3N2O6. The number of methoxy groups -OCH3 is 2. The average Bonchev–Trinajstić information content (AvgIpc) is 2.65. The van der Waals surface area contributed by atoms with Gasteiger partial charge in [-0.05, 0) is 24.3 Å². The van der Waals surface area contributed by atoms with Crippen molar-refractivity contribution in [1.82, 2.24) is 5.32 Å². The van der Waals surface area contributed by atoms with Gasteiger partial charge in [0.2, 0.25) is 11.8 Å². The second-order valence-electron chi connectivity index (χ2n) is 5.66. The van der Waals surface area contributed by atoms with Gasteiger partial charge in [-0.15, -0.1) is 0 Å². The number of alkyl halides is 3. The van der Waals surface area contributed by atoms with Crippen molar-refractivity contribution in [3.05, 3.63) is 42.0 Å². The molecule has 0 saturated carbocycles. The highest BCUT2D eigenvalue weighted by Gasteiger charge is 2.30. The Morgan fingerprint density at radius 1 is 0.931 bits per heavy atom. The Balaban J connectivity index is 2.64. The minimum Gasteiger partial charge on any atom is -0.469 e. The van der Waals surface area contributed by atoms with Gasteiger partial charge < -0.3 is 20.1 Å². The molecule has 2 N–H and O–H groups in total. The van der Waals surface area contributed by atoms with Crippen LogP contribution in [-0.2, 0) is 34.8 Å². The molecule has 0 heterocycles. The standard InChI is InChI=1S/C18H19F3N2O6/c1-28-16(26)9-13(10-17(27)29-2)23-15(25)8-7-14(24)22-12-5-3-11(4-6-12)18(19,20)21/h3-8,13H,9-10H2,1-2H3,(H,22,24)(H,23,25)/b8-7+. The molecule has 8 nitrogen and oxygen atoms in total. The van der Waals surface area contributed by atoms with Crippen LogP contribution in [0.2, 0.25) is 0 Å². The first-order valence-electron chi connectivity index (χ1n) is 8.15. The lowest BCUT2D eigenvalue weighted by molar-refractivity contribution is -0.143. The summed E-state index contributed by atoms with van der Waals surface area (Å²) in [7, 11) is 2.29. The molecule has 0 radical (unpaired) electrons. The molecule has 1 aromatic rings. The van der Waals surface area contributed by atoms with Gasteiger partial charge in [-0.2, -0.15) is 13.2 Å². The maximum atomic E-state index is 12.5. The Bertz CT molecular complexity index is 757. The number of rotatable bonds is 8. The highest BCUT2D eigenvalue weighted by Crippen LogP contribution is 2.29. The van der Waals surface area contributed by atoms with Crippen molar-refractivity contribution in [3.8, 4) is 0 Å². The predicted molar refractivity (Wildman–Crippen MR) is 94.4 cm³/mol. The van der Waals surface area contributed by atoms with E-state index < -0.39 is 41.5 Å².